The quantitative estimate of drug-likeness (QED) is 0.0443. The van der Waals surface area contributed by atoms with Gasteiger partial charge in [-0.3, -0.25) is 0 Å². The number of hydrogen-bond acceptors (Lipinski definition) is 6. The summed E-state index contributed by atoms with van der Waals surface area (Å²) in [5, 5.41) is 30.6. The van der Waals surface area contributed by atoms with Gasteiger partial charge in [-0.1, -0.05) is 211 Å². The molecule has 6 nitrogen and oxygen atoms in total. The Balaban J connectivity index is -0.000000396. The summed E-state index contributed by atoms with van der Waals surface area (Å²) < 4.78 is 0. The Labute approximate surface area is 409 Å². The largest absolute Gasteiger partial charge is 3.00 e. The van der Waals surface area contributed by atoms with Crippen molar-refractivity contribution >= 4 is 17.9 Å². The van der Waals surface area contributed by atoms with Gasteiger partial charge in [0.25, 0.3) is 0 Å². The summed E-state index contributed by atoms with van der Waals surface area (Å²) in [5.41, 5.74) is 0. The molecule has 0 saturated carbocycles. The normalized spacial score (nSPS) is 11.1. The van der Waals surface area contributed by atoms with Crippen LogP contribution in [0, 0.1) is 38.2 Å². The molecule has 0 spiro atoms. The summed E-state index contributed by atoms with van der Waals surface area (Å²) in [6, 6.07) is 0. The number of rotatable bonds is 45. The minimum Gasteiger partial charge on any atom is -0.550 e. The fourth-order valence-corrected chi connectivity index (χ4v) is 7.02. The molecule has 0 aromatic rings. The molecule has 7 heteroatoms. The monoisotopic (exact) mass is 1010 g/mol. The van der Waals surface area contributed by atoms with Crippen molar-refractivity contribution in [3.8, 4) is 0 Å². The zero-order valence-corrected chi connectivity index (χ0v) is 42.5. The van der Waals surface area contributed by atoms with Gasteiger partial charge in [0.1, 0.15) is 0 Å². The maximum atomic E-state index is 10.2. The smallest absolute Gasteiger partial charge is 0.550 e. The molecule has 0 aliphatic heterocycles. The molecule has 0 heterocycles. The van der Waals surface area contributed by atoms with Gasteiger partial charge >= 0.3 is 38.2 Å². The first-order valence-electron chi connectivity index (χ1n) is 25.9. The Morgan fingerprint density at radius 3 is 0.574 bits per heavy atom. The molecule has 0 rings (SSSR count). The van der Waals surface area contributed by atoms with Crippen LogP contribution in [0.4, 0.5) is 0 Å². The molecular formula is C54H99DyO6. The topological polar surface area (TPSA) is 120 Å². The van der Waals surface area contributed by atoms with E-state index >= 15 is 0 Å². The van der Waals surface area contributed by atoms with Crippen LogP contribution >= 0.6 is 0 Å². The predicted octanol–water partition coefficient (Wildman–Crippen LogP) is 14.3. The Kier molecular flexibility index (Phi) is 68.9. The van der Waals surface area contributed by atoms with Crippen LogP contribution < -0.4 is 15.3 Å². The standard InChI is InChI=1S/3C18H34O2.Dy/c3*1-2-3-4-5-6-7-8-9-10-11-12-13-14-15-16-17-18(19)20;/h3*7-8H,2-6,9-17H2,1H3,(H,19,20);/q;;;+3/p-3/b3*8-7-;. The number of aliphatic carboxylic acids is 3. The number of carboxylic acid groups (broad SMARTS) is 3. The molecule has 0 N–H and O–H groups in total. The molecule has 0 unspecified atom stereocenters. The van der Waals surface area contributed by atoms with Gasteiger partial charge in [0, 0.05) is 17.9 Å². The van der Waals surface area contributed by atoms with Gasteiger partial charge in [-0.2, -0.15) is 0 Å². The van der Waals surface area contributed by atoms with E-state index in [1.54, 1.807) is 0 Å². The second kappa shape index (κ2) is 63.2. The van der Waals surface area contributed by atoms with Crippen LogP contribution in [0.2, 0.25) is 0 Å². The molecule has 61 heavy (non-hydrogen) atoms. The van der Waals surface area contributed by atoms with Gasteiger partial charge in [0.15, 0.2) is 0 Å². The van der Waals surface area contributed by atoms with Crippen molar-refractivity contribution in [2.75, 3.05) is 0 Å². The summed E-state index contributed by atoms with van der Waals surface area (Å²) in [4.78, 5) is 30.6. The van der Waals surface area contributed by atoms with E-state index in [-0.39, 0.29) is 57.4 Å². The zero-order valence-electron chi connectivity index (χ0n) is 40.4. The van der Waals surface area contributed by atoms with Crippen molar-refractivity contribution in [1.29, 1.82) is 0 Å². The zero-order chi connectivity index (χ0) is 44.7. The van der Waals surface area contributed by atoms with Gasteiger partial charge in [-0.15, -0.1) is 0 Å². The van der Waals surface area contributed by atoms with Crippen molar-refractivity contribution in [2.45, 2.75) is 290 Å². The van der Waals surface area contributed by atoms with Crippen LogP contribution in [0.25, 0.3) is 0 Å². The van der Waals surface area contributed by atoms with Crippen LogP contribution in [-0.4, -0.2) is 17.9 Å². The van der Waals surface area contributed by atoms with Gasteiger partial charge in [0.2, 0.25) is 0 Å². The van der Waals surface area contributed by atoms with Gasteiger partial charge in [-0.25, -0.2) is 0 Å². The third-order valence-corrected chi connectivity index (χ3v) is 10.9. The number of unbranched alkanes of at least 4 members (excludes halogenated alkanes) is 33. The van der Waals surface area contributed by atoms with E-state index in [0.717, 1.165) is 38.5 Å². The first-order valence-corrected chi connectivity index (χ1v) is 25.9. The average molecular weight is 1010 g/mol. The molecule has 0 aromatic carbocycles. The molecule has 0 saturated heterocycles. The number of hydrogen-bond donors (Lipinski definition) is 0. The number of carbonyl (C=O) groups is 3. The molecule has 0 bridgehead atoms. The molecule has 0 amide bonds. The van der Waals surface area contributed by atoms with Crippen LogP contribution in [-0.2, 0) is 14.4 Å². The van der Waals surface area contributed by atoms with Crippen LogP contribution in [0.3, 0.4) is 0 Å². The van der Waals surface area contributed by atoms with Crippen LogP contribution in [0.1, 0.15) is 290 Å². The van der Waals surface area contributed by atoms with Crippen molar-refractivity contribution in [3.05, 3.63) is 36.5 Å². The number of carboxylic acids is 3. The molecule has 0 aromatic heterocycles. The summed E-state index contributed by atoms with van der Waals surface area (Å²) in [5.74, 6) is -2.73. The maximum Gasteiger partial charge on any atom is 3.00 e. The molecule has 0 fully saturated rings. The van der Waals surface area contributed by atoms with E-state index in [1.807, 2.05) is 0 Å². The van der Waals surface area contributed by atoms with Crippen molar-refractivity contribution < 1.29 is 67.9 Å². The van der Waals surface area contributed by atoms with E-state index in [2.05, 4.69) is 57.2 Å². The number of allylic oxidation sites excluding steroid dienone is 6. The summed E-state index contributed by atoms with van der Waals surface area (Å²) in [6.07, 6.45) is 62.7. The molecule has 1 radical (unpaired) electrons. The first kappa shape index (κ1) is 66.5. The molecule has 0 aliphatic rings. The summed E-state index contributed by atoms with van der Waals surface area (Å²) in [7, 11) is 0. The minimum absolute atomic E-state index is 0. The fourth-order valence-electron chi connectivity index (χ4n) is 7.02. The van der Waals surface area contributed by atoms with Gasteiger partial charge in [0.05, 0.1) is 0 Å². The molecule has 361 valence electrons. The first-order chi connectivity index (χ1) is 29.3. The Morgan fingerprint density at radius 2 is 0.410 bits per heavy atom. The Bertz CT molecular complexity index is 827. The van der Waals surface area contributed by atoms with Crippen LogP contribution in [0.5, 0.6) is 0 Å². The fraction of sp³-hybridized carbons (Fsp3) is 0.833. The number of carbonyl (C=O) groups excluding carboxylic acids is 3. The van der Waals surface area contributed by atoms with E-state index in [9.17, 15) is 29.7 Å². The molecular weight excluding hydrogens is 907 g/mol. The maximum absolute atomic E-state index is 10.2. The average Bonchev–Trinajstić information content (AvgIpc) is 3.22. The van der Waals surface area contributed by atoms with Crippen molar-refractivity contribution in [1.82, 2.24) is 0 Å². The second-order valence-corrected chi connectivity index (χ2v) is 17.1. The molecule has 0 aliphatic carbocycles. The SMILES string of the molecule is CCCCCC/C=C\CCCCCCCCCC(=O)[O-].CCCCCC/C=C\CCCCCCCCCC(=O)[O-].CCCCCC/C=C\CCCCCCCCCC(=O)[O-].[Dy+3]. The van der Waals surface area contributed by atoms with Gasteiger partial charge in [-0.05, 0) is 116 Å². The van der Waals surface area contributed by atoms with Gasteiger partial charge < -0.3 is 29.7 Å². The second-order valence-electron chi connectivity index (χ2n) is 17.1. The third kappa shape index (κ3) is 76.6. The predicted molar refractivity (Wildman–Crippen MR) is 253 cm³/mol. The summed E-state index contributed by atoms with van der Waals surface area (Å²) in [6.45, 7) is 6.75. The Hall–Kier alpha value is -1.10. The van der Waals surface area contributed by atoms with Crippen LogP contribution in [0.15, 0.2) is 36.5 Å². The Morgan fingerprint density at radius 1 is 0.262 bits per heavy atom. The third-order valence-electron chi connectivity index (χ3n) is 10.9. The van der Waals surface area contributed by atoms with E-state index in [4.69, 9.17) is 0 Å². The van der Waals surface area contributed by atoms with Crippen molar-refractivity contribution in [3.63, 3.8) is 0 Å². The minimum atomic E-state index is -0.911. The van der Waals surface area contributed by atoms with Crippen molar-refractivity contribution in [2.24, 2.45) is 0 Å². The summed E-state index contributed by atoms with van der Waals surface area (Å²) >= 11 is 0. The van der Waals surface area contributed by atoms with E-state index < -0.39 is 17.9 Å². The van der Waals surface area contributed by atoms with E-state index in [0.29, 0.717) is 0 Å². The molecule has 0 atom stereocenters. The van der Waals surface area contributed by atoms with E-state index in [1.165, 1.54) is 212 Å².